The Morgan fingerprint density at radius 2 is 2.31 bits per heavy atom. The van der Waals surface area contributed by atoms with Gasteiger partial charge in [-0.3, -0.25) is 4.99 Å². The van der Waals surface area contributed by atoms with Gasteiger partial charge in [-0.05, 0) is 29.8 Å². The van der Waals surface area contributed by atoms with Gasteiger partial charge in [-0.25, -0.2) is 0 Å². The number of hydrogen-bond donors (Lipinski definition) is 0. The van der Waals surface area contributed by atoms with Crippen LogP contribution in [0.25, 0.3) is 0 Å². The minimum atomic E-state index is 0.700. The molecule has 0 aromatic heterocycles. The van der Waals surface area contributed by atoms with Crippen LogP contribution in [0.2, 0.25) is 0 Å². The molecule has 0 aromatic carbocycles. The van der Waals surface area contributed by atoms with Crippen LogP contribution in [0.5, 0.6) is 0 Å². The fraction of sp³-hybridized carbons (Fsp3) is 0.545. The fourth-order valence-electron chi connectivity index (χ4n) is 0.787. The Kier molecular flexibility index (Phi) is 8.40. The van der Waals surface area contributed by atoms with Crippen LogP contribution in [0.1, 0.15) is 20.3 Å². The topological polar surface area (TPSA) is 12.4 Å². The Bertz CT molecular complexity index is 194. The van der Waals surface area contributed by atoms with Crippen molar-refractivity contribution in [2.24, 2.45) is 10.9 Å². The minimum absolute atomic E-state index is 0.700. The zero-order valence-corrected chi connectivity index (χ0v) is 10.6. The van der Waals surface area contributed by atoms with Gasteiger partial charge in [0.15, 0.2) is 0 Å². The smallest absolute Gasteiger partial charge is 0.0415 e. The van der Waals surface area contributed by atoms with Crippen molar-refractivity contribution in [1.29, 1.82) is 0 Å². The van der Waals surface area contributed by atoms with Gasteiger partial charge in [-0.2, -0.15) is 0 Å². The lowest BCUT2D eigenvalue weighted by Crippen LogP contribution is -1.99. The molecule has 13 heavy (non-hydrogen) atoms. The molecule has 0 aliphatic heterocycles. The van der Waals surface area contributed by atoms with E-state index in [4.69, 9.17) is 0 Å². The minimum Gasteiger partial charge on any atom is -0.293 e. The molecule has 0 rings (SSSR count). The molecular weight excluding hydrogens is 273 g/mol. The SMILES string of the molecule is C=C(C)/C=C/C=NCC(C)CCI. The maximum atomic E-state index is 4.31. The molecular formula is C11H18IN. The summed E-state index contributed by atoms with van der Waals surface area (Å²) in [6, 6.07) is 0. The van der Waals surface area contributed by atoms with E-state index >= 15 is 0 Å². The molecule has 0 aromatic rings. The highest BCUT2D eigenvalue weighted by molar-refractivity contribution is 14.1. The van der Waals surface area contributed by atoms with Gasteiger partial charge in [0.05, 0.1) is 0 Å². The quantitative estimate of drug-likeness (QED) is 0.306. The van der Waals surface area contributed by atoms with Crippen molar-refractivity contribution >= 4 is 28.8 Å². The summed E-state index contributed by atoms with van der Waals surface area (Å²) < 4.78 is 1.22. The van der Waals surface area contributed by atoms with Gasteiger partial charge in [0, 0.05) is 12.8 Å². The normalized spacial score (nSPS) is 14.1. The lowest BCUT2D eigenvalue weighted by Gasteiger charge is -2.03. The van der Waals surface area contributed by atoms with Crippen molar-refractivity contribution in [3.05, 3.63) is 24.3 Å². The number of halogens is 1. The molecule has 0 spiro atoms. The summed E-state index contributed by atoms with van der Waals surface area (Å²) in [6.07, 6.45) is 7.02. The maximum Gasteiger partial charge on any atom is 0.0415 e. The van der Waals surface area contributed by atoms with E-state index in [0.29, 0.717) is 5.92 Å². The van der Waals surface area contributed by atoms with Gasteiger partial charge in [0.1, 0.15) is 0 Å². The number of rotatable bonds is 6. The van der Waals surface area contributed by atoms with E-state index in [9.17, 15) is 0 Å². The van der Waals surface area contributed by atoms with Crippen molar-refractivity contribution in [3.8, 4) is 0 Å². The molecule has 74 valence electrons. The van der Waals surface area contributed by atoms with E-state index in [1.54, 1.807) is 0 Å². The zero-order chi connectivity index (χ0) is 10.1. The third kappa shape index (κ3) is 9.80. The number of hydrogen-bond acceptors (Lipinski definition) is 1. The molecule has 2 heteroatoms. The molecule has 0 amide bonds. The van der Waals surface area contributed by atoms with Gasteiger partial charge in [-0.1, -0.05) is 47.7 Å². The van der Waals surface area contributed by atoms with E-state index in [0.717, 1.165) is 12.1 Å². The second-order valence-corrected chi connectivity index (χ2v) is 4.38. The molecule has 0 radical (unpaired) electrons. The van der Waals surface area contributed by atoms with E-state index in [1.807, 2.05) is 25.3 Å². The largest absolute Gasteiger partial charge is 0.293 e. The molecule has 0 aliphatic rings. The molecule has 1 nitrogen and oxygen atoms in total. The lowest BCUT2D eigenvalue weighted by molar-refractivity contribution is 0.587. The van der Waals surface area contributed by atoms with Crippen LogP contribution in [-0.2, 0) is 0 Å². The Labute approximate surface area is 95.2 Å². The summed E-state index contributed by atoms with van der Waals surface area (Å²) in [4.78, 5) is 4.31. The predicted molar refractivity (Wildman–Crippen MR) is 70.0 cm³/mol. The van der Waals surface area contributed by atoms with E-state index in [1.165, 1.54) is 10.8 Å². The third-order valence-corrected chi connectivity index (χ3v) is 2.21. The van der Waals surface area contributed by atoms with Crippen molar-refractivity contribution in [2.75, 3.05) is 11.0 Å². The van der Waals surface area contributed by atoms with Crippen molar-refractivity contribution in [3.63, 3.8) is 0 Å². The standard InChI is InChI=1S/C11H18IN/c1-10(2)5-4-8-13-9-11(3)6-7-12/h4-5,8,11H,1,6-7,9H2,2-3H3/b5-4+,13-8?. The van der Waals surface area contributed by atoms with E-state index < -0.39 is 0 Å². The number of nitrogens with zero attached hydrogens (tertiary/aromatic N) is 1. The van der Waals surface area contributed by atoms with Crippen LogP contribution in [-0.4, -0.2) is 17.2 Å². The van der Waals surface area contributed by atoms with Gasteiger partial charge in [0.25, 0.3) is 0 Å². The molecule has 0 saturated carbocycles. The van der Waals surface area contributed by atoms with Gasteiger partial charge >= 0.3 is 0 Å². The molecule has 0 aliphatic carbocycles. The summed E-state index contributed by atoms with van der Waals surface area (Å²) in [5.74, 6) is 0.700. The average molecular weight is 291 g/mol. The number of allylic oxidation sites excluding steroid dienone is 3. The van der Waals surface area contributed by atoms with Crippen molar-refractivity contribution in [1.82, 2.24) is 0 Å². The average Bonchev–Trinajstić information content (AvgIpc) is 2.03. The summed E-state index contributed by atoms with van der Waals surface area (Å²) >= 11 is 2.40. The van der Waals surface area contributed by atoms with Crippen LogP contribution in [0.4, 0.5) is 0 Å². The lowest BCUT2D eigenvalue weighted by atomic mass is 10.1. The first kappa shape index (κ1) is 12.9. The molecule has 0 fully saturated rings. The summed E-state index contributed by atoms with van der Waals surface area (Å²) in [7, 11) is 0. The molecule has 0 saturated heterocycles. The van der Waals surface area contributed by atoms with Crippen LogP contribution < -0.4 is 0 Å². The molecule has 0 bridgehead atoms. The molecule has 0 N–H and O–H groups in total. The van der Waals surface area contributed by atoms with Crippen molar-refractivity contribution < 1.29 is 0 Å². The zero-order valence-electron chi connectivity index (χ0n) is 8.46. The van der Waals surface area contributed by atoms with Gasteiger partial charge < -0.3 is 0 Å². The Morgan fingerprint density at radius 3 is 2.85 bits per heavy atom. The predicted octanol–water partition coefficient (Wildman–Crippen LogP) is 3.65. The Hall–Kier alpha value is -0.120. The highest BCUT2D eigenvalue weighted by Gasteiger charge is 1.96. The van der Waals surface area contributed by atoms with Crippen LogP contribution in [0, 0.1) is 5.92 Å². The first-order chi connectivity index (χ1) is 6.16. The van der Waals surface area contributed by atoms with E-state index in [2.05, 4.69) is 41.1 Å². The number of alkyl halides is 1. The second-order valence-electron chi connectivity index (χ2n) is 3.30. The second kappa shape index (κ2) is 8.48. The van der Waals surface area contributed by atoms with Crippen LogP contribution >= 0.6 is 22.6 Å². The number of aliphatic imine (C=N–C) groups is 1. The molecule has 1 unspecified atom stereocenters. The Balaban J connectivity index is 3.56. The summed E-state index contributed by atoms with van der Waals surface area (Å²) in [6.45, 7) is 8.91. The first-order valence-electron chi connectivity index (χ1n) is 4.54. The van der Waals surface area contributed by atoms with Crippen LogP contribution in [0.15, 0.2) is 29.3 Å². The van der Waals surface area contributed by atoms with Gasteiger partial charge in [0.2, 0.25) is 0 Å². The third-order valence-electron chi connectivity index (χ3n) is 1.59. The Morgan fingerprint density at radius 1 is 1.62 bits per heavy atom. The fourth-order valence-corrected chi connectivity index (χ4v) is 1.85. The first-order valence-corrected chi connectivity index (χ1v) is 6.07. The highest BCUT2D eigenvalue weighted by atomic mass is 127. The molecule has 1 atom stereocenters. The summed E-state index contributed by atoms with van der Waals surface area (Å²) in [5, 5.41) is 0. The van der Waals surface area contributed by atoms with Gasteiger partial charge in [-0.15, -0.1) is 0 Å². The van der Waals surface area contributed by atoms with Crippen LogP contribution in [0.3, 0.4) is 0 Å². The monoisotopic (exact) mass is 291 g/mol. The molecule has 0 heterocycles. The van der Waals surface area contributed by atoms with E-state index in [-0.39, 0.29) is 0 Å². The summed E-state index contributed by atoms with van der Waals surface area (Å²) in [5.41, 5.74) is 1.06. The van der Waals surface area contributed by atoms with Crippen molar-refractivity contribution in [2.45, 2.75) is 20.3 Å². The maximum absolute atomic E-state index is 4.31. The highest BCUT2D eigenvalue weighted by Crippen LogP contribution is 2.04.